The number of nitrogens with two attached hydrogens (primary N) is 1. The third kappa shape index (κ3) is 4.57. The molecule has 0 spiro atoms. The Morgan fingerprint density at radius 1 is 1.21 bits per heavy atom. The molecular weight excluding hydrogens is 304 g/mol. The minimum Gasteiger partial charge on any atom is -0.489 e. The van der Waals surface area contributed by atoms with Gasteiger partial charge in [0.2, 0.25) is 5.91 Å². The number of hydrogen-bond acceptors (Lipinski definition) is 4. The fourth-order valence-corrected chi connectivity index (χ4v) is 2.49. The number of aliphatic hydroxyl groups is 1. The maximum atomic E-state index is 11.8. The lowest BCUT2D eigenvalue weighted by Crippen LogP contribution is -2.57. The maximum Gasteiger partial charge on any atom is 0.242 e. The summed E-state index contributed by atoms with van der Waals surface area (Å²) in [6, 6.07) is 15.5. The SMILES string of the molecule is CNC(=O)C(N)(CO)Cc1ccc(OCc2cccc(C)c2)cc1. The number of amides is 1. The summed E-state index contributed by atoms with van der Waals surface area (Å²) in [5, 5.41) is 11.9. The summed E-state index contributed by atoms with van der Waals surface area (Å²) in [6.45, 7) is 2.12. The molecule has 0 saturated carbocycles. The van der Waals surface area contributed by atoms with Gasteiger partial charge in [-0.3, -0.25) is 4.79 Å². The summed E-state index contributed by atoms with van der Waals surface area (Å²) in [6.07, 6.45) is 0.251. The molecule has 0 aliphatic carbocycles. The quantitative estimate of drug-likeness (QED) is 0.720. The highest BCUT2D eigenvalue weighted by atomic mass is 16.5. The van der Waals surface area contributed by atoms with E-state index in [4.69, 9.17) is 10.5 Å². The first-order chi connectivity index (χ1) is 11.5. The number of benzene rings is 2. The molecule has 128 valence electrons. The molecule has 0 fully saturated rings. The molecule has 2 rings (SSSR count). The van der Waals surface area contributed by atoms with Crippen LogP contribution in [-0.2, 0) is 17.8 Å². The Labute approximate surface area is 142 Å². The molecule has 0 aromatic heterocycles. The molecule has 0 radical (unpaired) electrons. The molecule has 5 heteroatoms. The number of aliphatic hydroxyl groups excluding tert-OH is 1. The van der Waals surface area contributed by atoms with Crippen molar-refractivity contribution in [2.24, 2.45) is 5.73 Å². The fraction of sp³-hybridized carbons (Fsp3) is 0.316. The lowest BCUT2D eigenvalue weighted by atomic mass is 9.91. The molecular formula is C19H24N2O3. The molecule has 0 aliphatic heterocycles. The number of carbonyl (C=O) groups excluding carboxylic acids is 1. The third-order valence-electron chi connectivity index (χ3n) is 3.89. The lowest BCUT2D eigenvalue weighted by Gasteiger charge is -2.25. The van der Waals surface area contributed by atoms with E-state index in [-0.39, 0.29) is 12.3 Å². The molecule has 4 N–H and O–H groups in total. The lowest BCUT2D eigenvalue weighted by molar-refractivity contribution is -0.127. The first-order valence-electron chi connectivity index (χ1n) is 7.86. The molecule has 5 nitrogen and oxygen atoms in total. The topological polar surface area (TPSA) is 84.6 Å². The molecule has 0 saturated heterocycles. The largest absolute Gasteiger partial charge is 0.489 e. The number of aryl methyl sites for hydroxylation is 1. The number of carbonyl (C=O) groups is 1. The standard InChI is InChI=1S/C19H24N2O3/c1-14-4-3-5-16(10-14)12-24-17-8-6-15(7-9-17)11-19(20,13-22)18(23)21-2/h3-10,22H,11-13,20H2,1-2H3,(H,21,23). The van der Waals surface area contributed by atoms with Gasteiger partial charge in [-0.15, -0.1) is 0 Å². The van der Waals surface area contributed by atoms with Crippen molar-refractivity contribution >= 4 is 5.91 Å². The van der Waals surface area contributed by atoms with Crippen molar-refractivity contribution < 1.29 is 14.6 Å². The Hall–Kier alpha value is -2.37. The molecule has 0 heterocycles. The highest BCUT2D eigenvalue weighted by molar-refractivity contribution is 5.86. The van der Waals surface area contributed by atoms with E-state index in [1.165, 1.54) is 12.6 Å². The fourth-order valence-electron chi connectivity index (χ4n) is 2.49. The van der Waals surface area contributed by atoms with E-state index < -0.39 is 12.1 Å². The molecule has 0 aliphatic rings. The van der Waals surface area contributed by atoms with Crippen LogP contribution in [-0.4, -0.2) is 30.2 Å². The van der Waals surface area contributed by atoms with Gasteiger partial charge in [0.1, 0.15) is 17.9 Å². The Bertz CT molecular complexity index is 685. The maximum absolute atomic E-state index is 11.8. The van der Waals surface area contributed by atoms with Gasteiger partial charge in [0, 0.05) is 13.5 Å². The van der Waals surface area contributed by atoms with E-state index in [1.54, 1.807) is 0 Å². The van der Waals surface area contributed by atoms with Crippen LogP contribution < -0.4 is 15.8 Å². The van der Waals surface area contributed by atoms with Gasteiger partial charge in [-0.1, -0.05) is 42.0 Å². The van der Waals surface area contributed by atoms with Gasteiger partial charge >= 0.3 is 0 Å². The zero-order valence-electron chi connectivity index (χ0n) is 14.1. The Morgan fingerprint density at radius 2 is 1.92 bits per heavy atom. The van der Waals surface area contributed by atoms with Crippen LogP contribution in [0, 0.1) is 6.92 Å². The van der Waals surface area contributed by atoms with Crippen LogP contribution in [0.3, 0.4) is 0 Å². The number of hydrogen-bond donors (Lipinski definition) is 3. The van der Waals surface area contributed by atoms with Crippen LogP contribution in [0.1, 0.15) is 16.7 Å². The summed E-state index contributed by atoms with van der Waals surface area (Å²) < 4.78 is 5.77. The van der Waals surface area contributed by atoms with Gasteiger partial charge in [-0.2, -0.15) is 0 Å². The summed E-state index contributed by atoms with van der Waals surface area (Å²) in [5.74, 6) is 0.358. The number of ether oxygens (including phenoxy) is 1. The van der Waals surface area contributed by atoms with Crippen molar-refractivity contribution in [2.45, 2.75) is 25.5 Å². The van der Waals surface area contributed by atoms with Gasteiger partial charge in [0.15, 0.2) is 0 Å². The highest BCUT2D eigenvalue weighted by Crippen LogP contribution is 2.18. The summed E-state index contributed by atoms with van der Waals surface area (Å²) in [4.78, 5) is 11.8. The van der Waals surface area contributed by atoms with Crippen LogP contribution in [0.15, 0.2) is 48.5 Å². The molecule has 1 amide bonds. The van der Waals surface area contributed by atoms with E-state index >= 15 is 0 Å². The van der Waals surface area contributed by atoms with Crippen LogP contribution in [0.2, 0.25) is 0 Å². The van der Waals surface area contributed by atoms with Gasteiger partial charge in [-0.25, -0.2) is 0 Å². The number of nitrogens with one attached hydrogen (secondary N) is 1. The smallest absolute Gasteiger partial charge is 0.242 e. The molecule has 1 atom stereocenters. The van der Waals surface area contributed by atoms with Crippen molar-refractivity contribution in [2.75, 3.05) is 13.7 Å². The predicted octanol–water partition coefficient (Wildman–Crippen LogP) is 1.55. The van der Waals surface area contributed by atoms with Crippen molar-refractivity contribution in [1.29, 1.82) is 0 Å². The molecule has 1 unspecified atom stereocenters. The first-order valence-corrected chi connectivity index (χ1v) is 7.86. The van der Waals surface area contributed by atoms with E-state index in [0.717, 1.165) is 16.9 Å². The highest BCUT2D eigenvalue weighted by Gasteiger charge is 2.32. The van der Waals surface area contributed by atoms with E-state index in [9.17, 15) is 9.90 Å². The molecule has 2 aromatic carbocycles. The van der Waals surface area contributed by atoms with Crippen LogP contribution in [0.25, 0.3) is 0 Å². The summed E-state index contributed by atoms with van der Waals surface area (Å²) >= 11 is 0. The van der Waals surface area contributed by atoms with Gasteiger partial charge in [0.25, 0.3) is 0 Å². The van der Waals surface area contributed by atoms with E-state index in [0.29, 0.717) is 6.61 Å². The second-order valence-corrected chi connectivity index (χ2v) is 5.99. The molecule has 24 heavy (non-hydrogen) atoms. The number of rotatable bonds is 7. The summed E-state index contributed by atoms with van der Waals surface area (Å²) in [7, 11) is 1.50. The van der Waals surface area contributed by atoms with Crippen LogP contribution >= 0.6 is 0 Å². The molecule has 0 bridgehead atoms. The van der Waals surface area contributed by atoms with Gasteiger partial charge < -0.3 is 20.9 Å². The van der Waals surface area contributed by atoms with E-state index in [1.807, 2.05) is 49.4 Å². The third-order valence-corrected chi connectivity index (χ3v) is 3.89. The summed E-state index contributed by atoms with van der Waals surface area (Å²) in [5.41, 5.74) is 7.82. The van der Waals surface area contributed by atoms with Gasteiger partial charge in [0.05, 0.1) is 6.61 Å². The van der Waals surface area contributed by atoms with Crippen molar-refractivity contribution in [3.05, 3.63) is 65.2 Å². The number of likely N-dealkylation sites (N-methyl/N-ethyl adjacent to an activating group) is 1. The predicted molar refractivity (Wildman–Crippen MR) is 93.7 cm³/mol. The van der Waals surface area contributed by atoms with Crippen molar-refractivity contribution in [3.8, 4) is 5.75 Å². The van der Waals surface area contributed by atoms with Crippen molar-refractivity contribution in [3.63, 3.8) is 0 Å². The zero-order valence-corrected chi connectivity index (χ0v) is 14.1. The second kappa shape index (κ2) is 7.95. The Balaban J connectivity index is 1.98. The molecule has 2 aromatic rings. The average Bonchev–Trinajstić information content (AvgIpc) is 2.60. The minimum absolute atomic E-state index is 0.251. The zero-order chi connectivity index (χ0) is 17.6. The van der Waals surface area contributed by atoms with Gasteiger partial charge in [-0.05, 0) is 30.2 Å². The minimum atomic E-state index is -1.32. The Morgan fingerprint density at radius 3 is 2.50 bits per heavy atom. The van der Waals surface area contributed by atoms with Crippen LogP contribution in [0.4, 0.5) is 0 Å². The first kappa shape index (κ1) is 18.0. The van der Waals surface area contributed by atoms with Crippen molar-refractivity contribution in [1.82, 2.24) is 5.32 Å². The average molecular weight is 328 g/mol. The van der Waals surface area contributed by atoms with Crippen LogP contribution in [0.5, 0.6) is 5.75 Å². The normalized spacial score (nSPS) is 13.2. The Kier molecular flexibility index (Phi) is 5.95. The second-order valence-electron chi connectivity index (χ2n) is 5.99. The van der Waals surface area contributed by atoms with E-state index in [2.05, 4.69) is 11.4 Å². The monoisotopic (exact) mass is 328 g/mol.